The van der Waals surface area contributed by atoms with E-state index < -0.39 is 0 Å². The maximum atomic E-state index is 6.00. The van der Waals surface area contributed by atoms with Crippen LogP contribution < -0.4 is 10.6 Å². The van der Waals surface area contributed by atoms with E-state index in [1.165, 1.54) is 11.1 Å². The average molecular weight is 357 g/mol. The standard InChI is InChI=1S/C15H22Cl2N6/c1-11-2-3-13(23(6-4-16)7-5-17)9-14(11)12(10-18)8-15-19-21-22-20-15/h2-3,9,12H,4-8,10,18H2,1H3,(H,19,20,21,22). The molecule has 0 saturated carbocycles. The summed E-state index contributed by atoms with van der Waals surface area (Å²) in [6.45, 7) is 4.13. The van der Waals surface area contributed by atoms with E-state index in [2.05, 4.69) is 50.6 Å². The Morgan fingerprint density at radius 2 is 2.00 bits per heavy atom. The molecule has 6 nitrogen and oxygen atoms in total. The van der Waals surface area contributed by atoms with Gasteiger partial charge in [0.15, 0.2) is 0 Å². The molecular weight excluding hydrogens is 335 g/mol. The van der Waals surface area contributed by atoms with Crippen LogP contribution in [0.4, 0.5) is 5.69 Å². The maximum absolute atomic E-state index is 6.00. The molecular formula is C15H22Cl2N6. The topological polar surface area (TPSA) is 83.7 Å². The van der Waals surface area contributed by atoms with Crippen LogP contribution >= 0.6 is 23.2 Å². The number of aromatic amines is 1. The van der Waals surface area contributed by atoms with E-state index in [4.69, 9.17) is 28.9 Å². The summed E-state index contributed by atoms with van der Waals surface area (Å²) in [5, 5.41) is 14.0. The zero-order valence-electron chi connectivity index (χ0n) is 13.2. The first-order valence-corrected chi connectivity index (χ1v) is 8.66. The van der Waals surface area contributed by atoms with E-state index in [0.29, 0.717) is 24.7 Å². The number of aryl methyl sites for hydroxylation is 1. The molecule has 1 atom stereocenters. The van der Waals surface area contributed by atoms with Crippen LogP contribution in [0.2, 0.25) is 0 Å². The summed E-state index contributed by atoms with van der Waals surface area (Å²) >= 11 is 11.8. The van der Waals surface area contributed by atoms with Crippen LogP contribution in [0.1, 0.15) is 22.9 Å². The monoisotopic (exact) mass is 356 g/mol. The van der Waals surface area contributed by atoms with Crippen LogP contribution in [0.5, 0.6) is 0 Å². The fraction of sp³-hybridized carbons (Fsp3) is 0.533. The fourth-order valence-electron chi connectivity index (χ4n) is 2.66. The van der Waals surface area contributed by atoms with Gasteiger partial charge in [-0.25, -0.2) is 5.10 Å². The number of nitrogens with zero attached hydrogens (tertiary/aromatic N) is 4. The van der Waals surface area contributed by atoms with E-state index in [1.54, 1.807) is 0 Å². The lowest BCUT2D eigenvalue weighted by Crippen LogP contribution is -2.28. The highest BCUT2D eigenvalue weighted by Crippen LogP contribution is 2.27. The second-order valence-electron chi connectivity index (χ2n) is 5.39. The highest BCUT2D eigenvalue weighted by Gasteiger charge is 2.17. The van der Waals surface area contributed by atoms with E-state index in [9.17, 15) is 0 Å². The predicted molar refractivity (Wildman–Crippen MR) is 94.5 cm³/mol. The Morgan fingerprint density at radius 3 is 2.57 bits per heavy atom. The molecule has 0 aliphatic heterocycles. The van der Waals surface area contributed by atoms with Crippen molar-refractivity contribution in [3.63, 3.8) is 0 Å². The van der Waals surface area contributed by atoms with Crippen molar-refractivity contribution in [1.82, 2.24) is 20.6 Å². The quantitative estimate of drug-likeness (QED) is 0.672. The number of tetrazole rings is 1. The zero-order chi connectivity index (χ0) is 16.7. The second kappa shape index (κ2) is 9.05. The maximum Gasteiger partial charge on any atom is 0.149 e. The van der Waals surface area contributed by atoms with Crippen LogP contribution in [0.25, 0.3) is 0 Å². The van der Waals surface area contributed by atoms with Crippen molar-refractivity contribution in [3.05, 3.63) is 35.2 Å². The Morgan fingerprint density at radius 1 is 1.26 bits per heavy atom. The van der Waals surface area contributed by atoms with E-state index in [-0.39, 0.29) is 5.92 Å². The number of benzene rings is 1. The van der Waals surface area contributed by atoms with Crippen LogP contribution in [0.15, 0.2) is 18.2 Å². The number of hydrogen-bond donors (Lipinski definition) is 2. The number of H-pyrrole nitrogens is 1. The summed E-state index contributed by atoms with van der Waals surface area (Å²) in [5.41, 5.74) is 9.51. The number of halogens is 2. The van der Waals surface area contributed by atoms with Gasteiger partial charge in [0, 0.05) is 42.9 Å². The second-order valence-corrected chi connectivity index (χ2v) is 6.15. The van der Waals surface area contributed by atoms with Crippen LogP contribution in [-0.2, 0) is 6.42 Å². The number of hydrogen-bond acceptors (Lipinski definition) is 5. The number of aromatic nitrogens is 4. The average Bonchev–Trinajstić information content (AvgIpc) is 3.06. The lowest BCUT2D eigenvalue weighted by Gasteiger charge is -2.25. The van der Waals surface area contributed by atoms with Crippen LogP contribution in [0, 0.1) is 6.92 Å². The van der Waals surface area contributed by atoms with Gasteiger partial charge in [-0.2, -0.15) is 0 Å². The molecule has 0 aliphatic rings. The fourth-order valence-corrected chi connectivity index (χ4v) is 3.07. The number of alkyl halides is 2. The molecule has 0 spiro atoms. The zero-order valence-corrected chi connectivity index (χ0v) is 14.7. The minimum absolute atomic E-state index is 0.151. The van der Waals surface area contributed by atoms with E-state index in [1.807, 2.05) is 0 Å². The Kier molecular flexibility index (Phi) is 7.08. The smallest absolute Gasteiger partial charge is 0.149 e. The molecule has 0 fully saturated rings. The first-order valence-electron chi connectivity index (χ1n) is 7.59. The Balaban J connectivity index is 2.27. The summed E-state index contributed by atoms with van der Waals surface area (Å²) in [6, 6.07) is 6.39. The number of nitrogens with one attached hydrogen (secondary N) is 1. The first kappa shape index (κ1) is 18.0. The molecule has 8 heteroatoms. The molecule has 1 heterocycles. The molecule has 1 unspecified atom stereocenters. The van der Waals surface area contributed by atoms with Crippen molar-refractivity contribution < 1.29 is 0 Å². The summed E-state index contributed by atoms with van der Waals surface area (Å²) in [6.07, 6.45) is 0.679. The lowest BCUT2D eigenvalue weighted by molar-refractivity contribution is 0.663. The molecule has 0 saturated heterocycles. The largest absolute Gasteiger partial charge is 0.369 e. The van der Waals surface area contributed by atoms with E-state index >= 15 is 0 Å². The van der Waals surface area contributed by atoms with Gasteiger partial charge < -0.3 is 10.6 Å². The van der Waals surface area contributed by atoms with Gasteiger partial charge in [0.05, 0.1) is 0 Å². The third-order valence-electron chi connectivity index (χ3n) is 3.89. The Hall–Kier alpha value is -1.37. The molecule has 3 N–H and O–H groups in total. The summed E-state index contributed by atoms with van der Waals surface area (Å²) in [4.78, 5) is 2.19. The molecule has 0 aliphatic carbocycles. The number of rotatable bonds is 9. The highest BCUT2D eigenvalue weighted by atomic mass is 35.5. The van der Waals surface area contributed by atoms with Gasteiger partial charge in [-0.3, -0.25) is 0 Å². The lowest BCUT2D eigenvalue weighted by atomic mass is 9.91. The van der Waals surface area contributed by atoms with E-state index in [0.717, 1.165) is 24.6 Å². The van der Waals surface area contributed by atoms with Gasteiger partial charge in [0.2, 0.25) is 0 Å². The molecule has 0 bridgehead atoms. The molecule has 126 valence electrons. The van der Waals surface area contributed by atoms with Crippen molar-refractivity contribution in [2.24, 2.45) is 5.73 Å². The molecule has 2 aromatic rings. The van der Waals surface area contributed by atoms with Crippen molar-refractivity contribution in [3.8, 4) is 0 Å². The molecule has 1 aromatic carbocycles. The number of anilines is 1. The molecule has 0 radical (unpaired) electrons. The van der Waals surface area contributed by atoms with Crippen molar-refractivity contribution >= 4 is 28.9 Å². The third kappa shape index (κ3) is 4.80. The third-order valence-corrected chi connectivity index (χ3v) is 4.23. The summed E-state index contributed by atoms with van der Waals surface area (Å²) in [7, 11) is 0. The van der Waals surface area contributed by atoms with Gasteiger partial charge in [0.25, 0.3) is 0 Å². The van der Waals surface area contributed by atoms with Gasteiger partial charge in [-0.15, -0.1) is 28.3 Å². The van der Waals surface area contributed by atoms with Gasteiger partial charge in [0.1, 0.15) is 5.82 Å². The SMILES string of the molecule is Cc1ccc(N(CCCl)CCCl)cc1C(CN)Cc1nnn[nH]1. The van der Waals surface area contributed by atoms with Crippen LogP contribution in [-0.4, -0.2) is 52.0 Å². The van der Waals surface area contributed by atoms with Gasteiger partial charge in [-0.05, 0) is 47.2 Å². The molecule has 23 heavy (non-hydrogen) atoms. The van der Waals surface area contributed by atoms with Crippen molar-refractivity contribution in [1.29, 1.82) is 0 Å². The van der Waals surface area contributed by atoms with Gasteiger partial charge >= 0.3 is 0 Å². The highest BCUT2D eigenvalue weighted by molar-refractivity contribution is 6.18. The van der Waals surface area contributed by atoms with Crippen molar-refractivity contribution in [2.75, 3.05) is 36.3 Å². The normalized spacial score (nSPS) is 12.3. The Labute approximate surface area is 146 Å². The summed E-state index contributed by atoms with van der Waals surface area (Å²) < 4.78 is 0. The Bertz CT molecular complexity index is 584. The predicted octanol–water partition coefficient (Wildman–Crippen LogP) is 2.08. The van der Waals surface area contributed by atoms with Crippen LogP contribution in [0.3, 0.4) is 0 Å². The minimum Gasteiger partial charge on any atom is -0.369 e. The minimum atomic E-state index is 0.151. The molecule has 2 rings (SSSR count). The summed E-state index contributed by atoms with van der Waals surface area (Å²) in [5.74, 6) is 2.01. The van der Waals surface area contributed by atoms with Gasteiger partial charge in [-0.1, -0.05) is 6.07 Å². The molecule has 0 amide bonds. The first-order chi connectivity index (χ1) is 11.2. The number of nitrogens with two attached hydrogens (primary N) is 1. The molecule has 1 aromatic heterocycles. The van der Waals surface area contributed by atoms with Crippen molar-refractivity contribution in [2.45, 2.75) is 19.3 Å².